The lowest BCUT2D eigenvalue weighted by atomic mass is 10.2. The molecule has 2 aromatic rings. The predicted octanol–water partition coefficient (Wildman–Crippen LogP) is 0.950. The van der Waals surface area contributed by atoms with Gasteiger partial charge in [0.05, 0.1) is 11.4 Å². The zero-order chi connectivity index (χ0) is 15.9. The van der Waals surface area contributed by atoms with Gasteiger partial charge in [-0.2, -0.15) is 0 Å². The molecule has 0 saturated carbocycles. The van der Waals surface area contributed by atoms with Crippen LogP contribution in [-0.4, -0.2) is 21.9 Å². The van der Waals surface area contributed by atoms with Gasteiger partial charge in [0.1, 0.15) is 11.3 Å². The number of rotatable bonds is 2. The van der Waals surface area contributed by atoms with Crippen molar-refractivity contribution in [2.24, 2.45) is 7.05 Å². The molecule has 0 fully saturated rings. The number of fused-ring (bicyclic) bond motifs is 1. The van der Waals surface area contributed by atoms with Crippen molar-refractivity contribution in [1.82, 2.24) is 9.88 Å². The standard InChI is InChI=1S/C15H16N4O3/c1-8-7-11(20)12(14(22)19(8)2)13(21)18-15-16-9-5-3-4-6-10(9)17-15/h3-7,15-17,20H,1-2H3,(H,18,21). The Balaban J connectivity index is 1.83. The summed E-state index contributed by atoms with van der Waals surface area (Å²) < 4.78 is 1.32. The number of amides is 1. The molecule has 1 aliphatic heterocycles. The van der Waals surface area contributed by atoms with Crippen LogP contribution in [-0.2, 0) is 7.05 Å². The van der Waals surface area contributed by atoms with Crippen LogP contribution in [0.5, 0.6) is 5.75 Å². The molecule has 22 heavy (non-hydrogen) atoms. The maximum Gasteiger partial charge on any atom is 0.267 e. The molecule has 0 aliphatic carbocycles. The van der Waals surface area contributed by atoms with Gasteiger partial charge in [-0.05, 0) is 19.1 Å². The largest absolute Gasteiger partial charge is 0.507 e. The minimum atomic E-state index is -0.643. The first-order valence-corrected chi connectivity index (χ1v) is 6.80. The van der Waals surface area contributed by atoms with Gasteiger partial charge in [-0.1, -0.05) is 12.1 Å². The van der Waals surface area contributed by atoms with Crippen LogP contribution in [0.2, 0.25) is 0 Å². The number of aromatic hydroxyl groups is 1. The molecule has 1 aliphatic rings. The van der Waals surface area contributed by atoms with Crippen molar-refractivity contribution >= 4 is 17.3 Å². The fraction of sp³-hybridized carbons (Fsp3) is 0.200. The van der Waals surface area contributed by atoms with Crippen molar-refractivity contribution in [3.05, 3.63) is 51.9 Å². The number of aromatic nitrogens is 1. The summed E-state index contributed by atoms with van der Waals surface area (Å²) in [4.78, 5) is 24.4. The van der Waals surface area contributed by atoms with Crippen LogP contribution in [0.1, 0.15) is 16.1 Å². The van der Waals surface area contributed by atoms with Gasteiger partial charge in [0.2, 0.25) is 0 Å². The van der Waals surface area contributed by atoms with E-state index in [0.717, 1.165) is 11.4 Å². The van der Waals surface area contributed by atoms with Gasteiger partial charge in [-0.3, -0.25) is 9.59 Å². The summed E-state index contributed by atoms with van der Waals surface area (Å²) in [5, 5.41) is 18.7. The highest BCUT2D eigenvalue weighted by Gasteiger charge is 2.24. The summed E-state index contributed by atoms with van der Waals surface area (Å²) in [6, 6.07) is 8.88. The van der Waals surface area contributed by atoms with Crippen LogP contribution in [0.15, 0.2) is 35.1 Å². The first kappa shape index (κ1) is 14.0. The fourth-order valence-corrected chi connectivity index (χ4v) is 2.38. The van der Waals surface area contributed by atoms with Gasteiger partial charge in [-0.15, -0.1) is 0 Å². The highest BCUT2D eigenvalue weighted by molar-refractivity contribution is 5.97. The van der Waals surface area contributed by atoms with Gasteiger partial charge in [0, 0.05) is 18.8 Å². The Morgan fingerprint density at radius 2 is 1.86 bits per heavy atom. The average molecular weight is 300 g/mol. The number of carbonyl (C=O) groups is 1. The van der Waals surface area contributed by atoms with E-state index in [0.29, 0.717) is 5.69 Å². The Bertz CT molecular complexity index is 788. The highest BCUT2D eigenvalue weighted by atomic mass is 16.3. The first-order chi connectivity index (χ1) is 10.5. The van der Waals surface area contributed by atoms with Crippen LogP contribution in [0.25, 0.3) is 0 Å². The van der Waals surface area contributed by atoms with Crippen LogP contribution in [0.3, 0.4) is 0 Å². The van der Waals surface area contributed by atoms with E-state index in [9.17, 15) is 14.7 Å². The zero-order valence-corrected chi connectivity index (χ0v) is 12.2. The number of nitrogens with one attached hydrogen (secondary N) is 3. The second kappa shape index (κ2) is 5.10. The lowest BCUT2D eigenvalue weighted by Gasteiger charge is -2.15. The SMILES string of the molecule is Cc1cc(O)c(C(=O)NC2Nc3ccccc3N2)c(=O)n1C. The molecule has 0 unspecified atom stereocenters. The van der Waals surface area contributed by atoms with Crippen molar-refractivity contribution in [2.45, 2.75) is 13.2 Å². The number of benzene rings is 1. The van der Waals surface area contributed by atoms with Crippen molar-refractivity contribution in [3.63, 3.8) is 0 Å². The molecule has 4 N–H and O–H groups in total. The van der Waals surface area contributed by atoms with Crippen LogP contribution >= 0.6 is 0 Å². The molecule has 7 heteroatoms. The van der Waals surface area contributed by atoms with E-state index in [1.165, 1.54) is 10.6 Å². The Kier molecular flexibility index (Phi) is 3.25. The van der Waals surface area contributed by atoms with Gasteiger partial charge in [0.15, 0.2) is 6.29 Å². The summed E-state index contributed by atoms with van der Waals surface area (Å²) >= 11 is 0. The Hall–Kier alpha value is -2.96. The molecular weight excluding hydrogens is 284 g/mol. The van der Waals surface area contributed by atoms with E-state index in [1.54, 1.807) is 14.0 Å². The zero-order valence-electron chi connectivity index (χ0n) is 12.2. The molecule has 0 radical (unpaired) electrons. The Labute approximate surface area is 126 Å². The average Bonchev–Trinajstić information content (AvgIpc) is 2.87. The Morgan fingerprint density at radius 1 is 1.27 bits per heavy atom. The molecule has 0 spiro atoms. The smallest absolute Gasteiger partial charge is 0.267 e. The third kappa shape index (κ3) is 2.26. The summed E-state index contributed by atoms with van der Waals surface area (Å²) in [5.74, 6) is -0.968. The second-order valence-corrected chi connectivity index (χ2v) is 5.15. The van der Waals surface area contributed by atoms with Gasteiger partial charge in [0.25, 0.3) is 11.5 Å². The first-order valence-electron chi connectivity index (χ1n) is 6.80. The number of aryl methyl sites for hydroxylation is 1. The van der Waals surface area contributed by atoms with Crippen molar-refractivity contribution in [3.8, 4) is 5.75 Å². The monoisotopic (exact) mass is 300 g/mol. The minimum absolute atomic E-state index is 0.271. The molecule has 0 atom stereocenters. The van der Waals surface area contributed by atoms with Gasteiger partial charge in [-0.25, -0.2) is 0 Å². The summed E-state index contributed by atoms with van der Waals surface area (Å²) in [6.07, 6.45) is -0.546. The van der Waals surface area contributed by atoms with E-state index in [4.69, 9.17) is 0 Å². The molecule has 0 saturated heterocycles. The number of para-hydroxylation sites is 2. The Morgan fingerprint density at radius 3 is 2.45 bits per heavy atom. The maximum absolute atomic E-state index is 12.3. The van der Waals surface area contributed by atoms with E-state index in [1.807, 2.05) is 24.3 Å². The molecule has 114 valence electrons. The van der Waals surface area contributed by atoms with Crippen LogP contribution in [0, 0.1) is 6.92 Å². The third-order valence-electron chi connectivity index (χ3n) is 3.68. The van der Waals surface area contributed by atoms with E-state index in [-0.39, 0.29) is 11.3 Å². The lowest BCUT2D eigenvalue weighted by Crippen LogP contribution is -2.45. The highest BCUT2D eigenvalue weighted by Crippen LogP contribution is 2.27. The number of anilines is 2. The summed E-state index contributed by atoms with van der Waals surface area (Å²) in [5.41, 5.74) is 1.48. The van der Waals surface area contributed by atoms with Gasteiger partial charge < -0.3 is 25.6 Å². The number of pyridine rings is 1. The van der Waals surface area contributed by atoms with Gasteiger partial charge >= 0.3 is 0 Å². The molecule has 1 amide bonds. The molecule has 2 heterocycles. The second-order valence-electron chi connectivity index (χ2n) is 5.15. The van der Waals surface area contributed by atoms with Crippen LogP contribution in [0.4, 0.5) is 11.4 Å². The molecule has 3 rings (SSSR count). The molecule has 1 aromatic heterocycles. The molecule has 1 aromatic carbocycles. The number of hydrogen-bond acceptors (Lipinski definition) is 5. The van der Waals surface area contributed by atoms with E-state index in [2.05, 4.69) is 16.0 Å². The maximum atomic E-state index is 12.3. The number of nitrogens with zero attached hydrogens (tertiary/aromatic N) is 1. The fourth-order valence-electron chi connectivity index (χ4n) is 2.38. The summed E-state index contributed by atoms with van der Waals surface area (Å²) in [6.45, 7) is 1.68. The topological polar surface area (TPSA) is 95.4 Å². The predicted molar refractivity (Wildman–Crippen MR) is 83.0 cm³/mol. The third-order valence-corrected chi connectivity index (χ3v) is 3.68. The molecule has 0 bridgehead atoms. The number of carbonyl (C=O) groups excluding carboxylic acids is 1. The molecule has 7 nitrogen and oxygen atoms in total. The lowest BCUT2D eigenvalue weighted by molar-refractivity contribution is 0.0941. The quantitative estimate of drug-likeness (QED) is 0.662. The van der Waals surface area contributed by atoms with Crippen molar-refractivity contribution in [1.29, 1.82) is 0 Å². The number of hydrogen-bond donors (Lipinski definition) is 4. The van der Waals surface area contributed by atoms with Crippen molar-refractivity contribution < 1.29 is 9.90 Å². The van der Waals surface area contributed by atoms with E-state index < -0.39 is 17.8 Å². The summed E-state index contributed by atoms with van der Waals surface area (Å²) in [7, 11) is 1.55. The van der Waals surface area contributed by atoms with Crippen LogP contribution < -0.4 is 21.5 Å². The normalized spacial score (nSPS) is 13.2. The molecular formula is C15H16N4O3. The minimum Gasteiger partial charge on any atom is -0.507 e. The van der Waals surface area contributed by atoms with Crippen molar-refractivity contribution in [2.75, 3.05) is 10.6 Å². The van der Waals surface area contributed by atoms with E-state index >= 15 is 0 Å².